The maximum atomic E-state index is 13.8. The van der Waals surface area contributed by atoms with E-state index in [0.717, 1.165) is 17.5 Å². The standard InChI is InChI=1S/C28H31ClN2O4S/c1-3-35-16-5-14-30(28(33)21-6-4-7-23(18-21)34-2)19-26(32)31-15-12-25-24(13-17-36-25)27(31)20-8-10-22(29)11-9-20/h4,6-11,13,17-18,27H,3,5,12,14-16,19H2,1-2H3. The van der Waals surface area contributed by atoms with Crippen molar-refractivity contribution in [2.45, 2.75) is 25.8 Å². The first-order valence-electron chi connectivity index (χ1n) is 12.1. The zero-order chi connectivity index (χ0) is 25.5. The van der Waals surface area contributed by atoms with E-state index in [4.69, 9.17) is 21.1 Å². The molecule has 1 atom stereocenters. The molecule has 1 unspecified atom stereocenters. The molecular weight excluding hydrogens is 496 g/mol. The molecule has 36 heavy (non-hydrogen) atoms. The lowest BCUT2D eigenvalue weighted by molar-refractivity contribution is -0.134. The molecule has 6 nitrogen and oxygen atoms in total. The molecule has 4 rings (SSSR count). The van der Waals surface area contributed by atoms with Crippen LogP contribution in [-0.2, 0) is 16.0 Å². The van der Waals surface area contributed by atoms with Crippen molar-refractivity contribution in [2.24, 2.45) is 0 Å². The minimum absolute atomic E-state index is 0.00821. The van der Waals surface area contributed by atoms with Crippen LogP contribution in [0.1, 0.15) is 45.7 Å². The van der Waals surface area contributed by atoms with Crippen molar-refractivity contribution in [2.75, 3.05) is 40.0 Å². The Morgan fingerprint density at radius 1 is 1.17 bits per heavy atom. The van der Waals surface area contributed by atoms with Gasteiger partial charge in [-0.25, -0.2) is 0 Å². The lowest BCUT2D eigenvalue weighted by Crippen LogP contribution is -2.47. The quantitative estimate of drug-likeness (QED) is 0.329. The fourth-order valence-corrected chi connectivity index (χ4v) is 5.57. The molecule has 0 fully saturated rings. The molecule has 1 aliphatic rings. The van der Waals surface area contributed by atoms with Gasteiger partial charge in [-0.2, -0.15) is 0 Å². The van der Waals surface area contributed by atoms with Crippen LogP contribution in [0, 0.1) is 0 Å². The van der Waals surface area contributed by atoms with E-state index in [2.05, 4.69) is 11.4 Å². The topological polar surface area (TPSA) is 59.1 Å². The highest BCUT2D eigenvalue weighted by atomic mass is 35.5. The highest BCUT2D eigenvalue weighted by Crippen LogP contribution is 2.38. The number of hydrogen-bond acceptors (Lipinski definition) is 5. The number of halogens is 1. The fraction of sp³-hybridized carbons (Fsp3) is 0.357. The van der Waals surface area contributed by atoms with Gasteiger partial charge in [-0.15, -0.1) is 11.3 Å². The van der Waals surface area contributed by atoms with E-state index in [1.807, 2.05) is 36.1 Å². The molecule has 8 heteroatoms. The van der Waals surface area contributed by atoms with E-state index < -0.39 is 0 Å². The first-order chi connectivity index (χ1) is 17.5. The molecule has 0 spiro atoms. The summed E-state index contributed by atoms with van der Waals surface area (Å²) in [4.78, 5) is 32.1. The normalized spacial score (nSPS) is 14.9. The summed E-state index contributed by atoms with van der Waals surface area (Å²) in [6, 6.07) is 16.6. The molecule has 0 bridgehead atoms. The zero-order valence-corrected chi connectivity index (χ0v) is 22.2. The third kappa shape index (κ3) is 6.09. The summed E-state index contributed by atoms with van der Waals surface area (Å²) in [5.74, 6) is 0.319. The van der Waals surface area contributed by atoms with E-state index in [1.165, 1.54) is 4.88 Å². The van der Waals surface area contributed by atoms with Gasteiger partial charge in [0.05, 0.1) is 13.2 Å². The monoisotopic (exact) mass is 526 g/mol. The van der Waals surface area contributed by atoms with Crippen molar-refractivity contribution in [3.63, 3.8) is 0 Å². The van der Waals surface area contributed by atoms with Crippen molar-refractivity contribution in [1.29, 1.82) is 0 Å². The van der Waals surface area contributed by atoms with E-state index in [0.29, 0.717) is 49.1 Å². The molecule has 2 amide bonds. The molecule has 3 aromatic rings. The Kier molecular flexibility index (Phi) is 9.02. The molecule has 0 saturated heterocycles. The number of ether oxygens (including phenoxy) is 2. The van der Waals surface area contributed by atoms with Crippen LogP contribution in [0.2, 0.25) is 5.02 Å². The smallest absolute Gasteiger partial charge is 0.254 e. The van der Waals surface area contributed by atoms with E-state index in [1.54, 1.807) is 47.6 Å². The predicted molar refractivity (Wildman–Crippen MR) is 143 cm³/mol. The molecule has 0 N–H and O–H groups in total. The second-order valence-corrected chi connectivity index (χ2v) is 10.0. The van der Waals surface area contributed by atoms with Crippen LogP contribution in [0.4, 0.5) is 0 Å². The number of carbonyl (C=O) groups is 2. The number of carbonyl (C=O) groups excluding carboxylic acids is 2. The van der Waals surface area contributed by atoms with Crippen molar-refractivity contribution in [1.82, 2.24) is 9.80 Å². The fourth-order valence-electron chi connectivity index (χ4n) is 4.54. The minimum atomic E-state index is -0.207. The average Bonchev–Trinajstić information content (AvgIpc) is 3.39. The summed E-state index contributed by atoms with van der Waals surface area (Å²) >= 11 is 7.86. The third-order valence-electron chi connectivity index (χ3n) is 6.32. The zero-order valence-electron chi connectivity index (χ0n) is 20.6. The highest BCUT2D eigenvalue weighted by molar-refractivity contribution is 7.10. The lowest BCUT2D eigenvalue weighted by Gasteiger charge is -2.37. The van der Waals surface area contributed by atoms with Gasteiger partial charge in [-0.1, -0.05) is 29.8 Å². The number of hydrogen-bond donors (Lipinski definition) is 0. The molecule has 1 aliphatic heterocycles. The van der Waals surface area contributed by atoms with Gasteiger partial charge >= 0.3 is 0 Å². The minimum Gasteiger partial charge on any atom is -0.497 e. The Morgan fingerprint density at radius 3 is 2.72 bits per heavy atom. The van der Waals surface area contributed by atoms with E-state index >= 15 is 0 Å². The molecule has 0 saturated carbocycles. The number of amides is 2. The Balaban J connectivity index is 1.58. The Bertz CT molecular complexity index is 1180. The molecule has 190 valence electrons. The van der Waals surface area contributed by atoms with Crippen molar-refractivity contribution < 1.29 is 19.1 Å². The number of nitrogens with zero attached hydrogens (tertiary/aromatic N) is 2. The Hall–Kier alpha value is -2.87. The van der Waals surface area contributed by atoms with Gasteiger partial charge in [-0.05, 0) is 72.7 Å². The summed E-state index contributed by atoms with van der Waals surface area (Å²) in [6.07, 6.45) is 1.45. The van der Waals surface area contributed by atoms with Crippen molar-refractivity contribution >= 4 is 34.8 Å². The summed E-state index contributed by atoms with van der Waals surface area (Å²) in [5, 5.41) is 2.73. The molecule has 0 aliphatic carbocycles. The molecule has 2 heterocycles. The molecule has 0 radical (unpaired) electrons. The lowest BCUT2D eigenvalue weighted by atomic mass is 9.93. The van der Waals surface area contributed by atoms with Crippen LogP contribution in [0.3, 0.4) is 0 Å². The number of fused-ring (bicyclic) bond motifs is 1. The third-order valence-corrected chi connectivity index (χ3v) is 7.57. The van der Waals surface area contributed by atoms with Gasteiger partial charge in [0.15, 0.2) is 0 Å². The molecule has 1 aromatic heterocycles. The van der Waals surface area contributed by atoms with Gasteiger partial charge < -0.3 is 19.3 Å². The molecular formula is C28H31ClN2O4S. The predicted octanol–water partition coefficient (Wildman–Crippen LogP) is 5.45. The maximum absolute atomic E-state index is 13.8. The van der Waals surface area contributed by atoms with Crippen molar-refractivity contribution in [3.8, 4) is 5.75 Å². The van der Waals surface area contributed by atoms with Crippen LogP contribution in [-0.4, -0.2) is 61.6 Å². The molecule has 2 aromatic carbocycles. The van der Waals surface area contributed by atoms with E-state index in [-0.39, 0.29) is 24.4 Å². The van der Waals surface area contributed by atoms with Gasteiger partial charge in [-0.3, -0.25) is 9.59 Å². The van der Waals surface area contributed by atoms with Gasteiger partial charge in [0.1, 0.15) is 12.3 Å². The van der Waals surface area contributed by atoms with Crippen molar-refractivity contribution in [3.05, 3.63) is 86.6 Å². The SMILES string of the molecule is CCOCCCN(CC(=O)N1CCc2sccc2C1c1ccc(Cl)cc1)C(=O)c1cccc(OC)c1. The largest absolute Gasteiger partial charge is 0.497 e. The maximum Gasteiger partial charge on any atom is 0.254 e. The van der Waals surface area contributed by atoms with Gasteiger partial charge in [0.2, 0.25) is 5.91 Å². The summed E-state index contributed by atoms with van der Waals surface area (Å²) in [7, 11) is 1.57. The highest BCUT2D eigenvalue weighted by Gasteiger charge is 2.34. The number of thiophene rings is 1. The van der Waals surface area contributed by atoms with Gasteiger partial charge in [0.25, 0.3) is 5.91 Å². The van der Waals surface area contributed by atoms with Crippen LogP contribution in [0.25, 0.3) is 0 Å². The summed E-state index contributed by atoms with van der Waals surface area (Å²) in [5.41, 5.74) is 2.64. The second kappa shape index (κ2) is 12.4. The van der Waals surface area contributed by atoms with Crippen LogP contribution < -0.4 is 4.74 Å². The number of rotatable bonds is 10. The number of methoxy groups -OCH3 is 1. The average molecular weight is 527 g/mol. The first kappa shape index (κ1) is 26.2. The summed E-state index contributed by atoms with van der Waals surface area (Å²) < 4.78 is 10.8. The number of benzene rings is 2. The van der Waals surface area contributed by atoms with Crippen LogP contribution in [0.15, 0.2) is 60.0 Å². The summed E-state index contributed by atoms with van der Waals surface area (Å²) in [6.45, 7) is 4.09. The Morgan fingerprint density at radius 2 is 1.97 bits per heavy atom. The van der Waals surface area contributed by atoms with E-state index in [9.17, 15) is 9.59 Å². The second-order valence-electron chi connectivity index (χ2n) is 8.60. The Labute approximate surface area is 221 Å². The van der Waals surface area contributed by atoms with Crippen LogP contribution in [0.5, 0.6) is 5.75 Å². The first-order valence-corrected chi connectivity index (χ1v) is 13.4. The van der Waals surface area contributed by atoms with Crippen LogP contribution >= 0.6 is 22.9 Å². The van der Waals surface area contributed by atoms with Gasteiger partial charge in [0, 0.05) is 41.8 Å².